The van der Waals surface area contributed by atoms with Gasteiger partial charge in [-0.25, -0.2) is 14.8 Å². The number of benzene rings is 1. The van der Waals surface area contributed by atoms with E-state index in [0.717, 1.165) is 11.3 Å². The zero-order valence-electron chi connectivity index (χ0n) is 12.4. The lowest BCUT2D eigenvalue weighted by Gasteiger charge is -2.18. The monoisotopic (exact) mass is 285 g/mol. The number of carboxylic acids is 1. The third kappa shape index (κ3) is 4.02. The largest absolute Gasteiger partial charge is 0.478 e. The summed E-state index contributed by atoms with van der Waals surface area (Å²) >= 11 is 0. The first-order valence-corrected chi connectivity index (χ1v) is 6.76. The van der Waals surface area contributed by atoms with E-state index in [1.165, 1.54) is 0 Å². The molecular weight excluding hydrogens is 266 g/mol. The summed E-state index contributed by atoms with van der Waals surface area (Å²) in [7, 11) is 0. The van der Waals surface area contributed by atoms with Gasteiger partial charge in [0.2, 0.25) is 5.95 Å². The third-order valence-corrected chi connectivity index (χ3v) is 3.08. The van der Waals surface area contributed by atoms with Gasteiger partial charge in [0.15, 0.2) is 0 Å². The lowest BCUT2D eigenvalue weighted by Crippen LogP contribution is -2.15. The topological polar surface area (TPSA) is 75.1 Å². The number of aromatic carboxylic acids is 1. The predicted molar refractivity (Wildman–Crippen MR) is 81.5 cm³/mol. The van der Waals surface area contributed by atoms with Crippen molar-refractivity contribution in [3.63, 3.8) is 0 Å². The maximum absolute atomic E-state index is 10.8. The molecule has 0 radical (unpaired) electrons. The first kappa shape index (κ1) is 15.0. The molecule has 5 nitrogen and oxygen atoms in total. The minimum atomic E-state index is -0.921. The Morgan fingerprint density at radius 2 is 1.86 bits per heavy atom. The van der Waals surface area contributed by atoms with Gasteiger partial charge in [-0.15, -0.1) is 0 Å². The average molecular weight is 285 g/mol. The van der Waals surface area contributed by atoms with Crippen LogP contribution in [0.4, 0.5) is 5.95 Å². The number of carbonyl (C=O) groups is 1. The predicted octanol–water partition coefficient (Wildman–Crippen LogP) is 3.08. The molecule has 0 bridgehead atoms. The maximum Gasteiger partial charge on any atom is 0.335 e. The quantitative estimate of drug-likeness (QED) is 0.903. The van der Waals surface area contributed by atoms with Crippen molar-refractivity contribution < 1.29 is 9.90 Å². The number of aromatic nitrogens is 2. The molecule has 2 N–H and O–H groups in total. The highest BCUT2D eigenvalue weighted by Crippen LogP contribution is 2.20. The number of hydrogen-bond acceptors (Lipinski definition) is 4. The van der Waals surface area contributed by atoms with Crippen molar-refractivity contribution in [2.45, 2.75) is 32.7 Å². The molecule has 0 amide bonds. The second-order valence-electron chi connectivity index (χ2n) is 5.87. The minimum Gasteiger partial charge on any atom is -0.478 e. The van der Waals surface area contributed by atoms with E-state index in [9.17, 15) is 4.79 Å². The van der Waals surface area contributed by atoms with Gasteiger partial charge in [0, 0.05) is 18.2 Å². The fourth-order valence-corrected chi connectivity index (χ4v) is 1.81. The molecule has 0 aliphatic heterocycles. The highest BCUT2D eigenvalue weighted by molar-refractivity contribution is 5.87. The Bertz CT molecular complexity index is 631. The zero-order chi connectivity index (χ0) is 15.5. The van der Waals surface area contributed by atoms with E-state index in [1.54, 1.807) is 30.5 Å². The van der Waals surface area contributed by atoms with Gasteiger partial charge in [-0.1, -0.05) is 32.9 Å². The van der Waals surface area contributed by atoms with Crippen molar-refractivity contribution in [3.8, 4) is 0 Å². The summed E-state index contributed by atoms with van der Waals surface area (Å²) in [6.07, 6.45) is 1.74. The van der Waals surface area contributed by atoms with Gasteiger partial charge in [0.25, 0.3) is 0 Å². The van der Waals surface area contributed by atoms with Gasteiger partial charge in [-0.05, 0) is 23.8 Å². The summed E-state index contributed by atoms with van der Waals surface area (Å²) in [6.45, 7) is 6.85. The molecule has 2 rings (SSSR count). The first-order valence-electron chi connectivity index (χ1n) is 6.76. The number of rotatable bonds is 4. The van der Waals surface area contributed by atoms with E-state index in [-0.39, 0.29) is 11.0 Å². The van der Waals surface area contributed by atoms with Crippen LogP contribution in [-0.2, 0) is 12.0 Å². The van der Waals surface area contributed by atoms with Crippen LogP contribution in [0, 0.1) is 0 Å². The van der Waals surface area contributed by atoms with Gasteiger partial charge >= 0.3 is 5.97 Å². The Balaban J connectivity index is 2.04. The third-order valence-electron chi connectivity index (χ3n) is 3.08. The molecule has 0 spiro atoms. The van der Waals surface area contributed by atoms with E-state index in [4.69, 9.17) is 5.11 Å². The molecule has 110 valence electrons. The molecule has 2 aromatic rings. The van der Waals surface area contributed by atoms with Gasteiger partial charge in [-0.2, -0.15) is 0 Å². The summed E-state index contributed by atoms with van der Waals surface area (Å²) in [5.41, 5.74) is 2.21. The molecule has 0 saturated carbocycles. The Morgan fingerprint density at radius 3 is 2.43 bits per heavy atom. The second kappa shape index (κ2) is 5.91. The molecule has 21 heavy (non-hydrogen) atoms. The van der Waals surface area contributed by atoms with Gasteiger partial charge < -0.3 is 10.4 Å². The summed E-state index contributed by atoms with van der Waals surface area (Å²) in [5.74, 6) is -0.347. The van der Waals surface area contributed by atoms with Crippen LogP contribution < -0.4 is 5.32 Å². The fraction of sp³-hybridized carbons (Fsp3) is 0.312. The molecule has 0 atom stereocenters. The van der Waals surface area contributed by atoms with Crippen molar-refractivity contribution in [2.24, 2.45) is 0 Å². The molecule has 1 aromatic carbocycles. The van der Waals surface area contributed by atoms with Crippen LogP contribution in [0.5, 0.6) is 0 Å². The average Bonchev–Trinajstić information content (AvgIpc) is 2.45. The number of nitrogens with zero attached hydrogens (tertiary/aromatic N) is 2. The van der Waals surface area contributed by atoms with Crippen LogP contribution >= 0.6 is 0 Å². The van der Waals surface area contributed by atoms with E-state index >= 15 is 0 Å². The highest BCUT2D eigenvalue weighted by atomic mass is 16.4. The van der Waals surface area contributed by atoms with E-state index < -0.39 is 5.97 Å². The van der Waals surface area contributed by atoms with E-state index in [1.807, 2.05) is 6.07 Å². The van der Waals surface area contributed by atoms with Crippen LogP contribution in [-0.4, -0.2) is 21.0 Å². The standard InChI is InChI=1S/C16H19N3O2/c1-16(2,3)13-8-9-17-15(19-13)18-10-11-4-6-12(7-5-11)14(20)21/h4-9H,10H2,1-3H3,(H,20,21)(H,17,18,19). The zero-order valence-corrected chi connectivity index (χ0v) is 12.4. The van der Waals surface area contributed by atoms with Crippen LogP contribution in [0.2, 0.25) is 0 Å². The molecule has 1 aromatic heterocycles. The van der Waals surface area contributed by atoms with Gasteiger partial charge in [-0.3, -0.25) is 0 Å². The Hall–Kier alpha value is -2.43. The first-order chi connectivity index (χ1) is 9.86. The number of hydrogen-bond donors (Lipinski definition) is 2. The minimum absolute atomic E-state index is 0.0253. The number of anilines is 1. The van der Waals surface area contributed by atoms with Crippen LogP contribution in [0.3, 0.4) is 0 Å². The van der Waals surface area contributed by atoms with Crippen molar-refractivity contribution in [3.05, 3.63) is 53.3 Å². The molecular formula is C16H19N3O2. The van der Waals surface area contributed by atoms with E-state index in [0.29, 0.717) is 12.5 Å². The number of nitrogens with one attached hydrogen (secondary N) is 1. The fourth-order valence-electron chi connectivity index (χ4n) is 1.81. The second-order valence-corrected chi connectivity index (χ2v) is 5.87. The molecule has 5 heteroatoms. The lowest BCUT2D eigenvalue weighted by molar-refractivity contribution is 0.0697. The Labute approximate surface area is 124 Å². The van der Waals surface area contributed by atoms with Crippen molar-refractivity contribution in [1.29, 1.82) is 0 Å². The highest BCUT2D eigenvalue weighted by Gasteiger charge is 2.15. The summed E-state index contributed by atoms with van der Waals surface area (Å²) in [5, 5.41) is 12.0. The molecule has 0 aliphatic rings. The van der Waals surface area contributed by atoms with Crippen LogP contribution in [0.1, 0.15) is 42.4 Å². The lowest BCUT2D eigenvalue weighted by atomic mass is 9.92. The van der Waals surface area contributed by atoms with Crippen molar-refractivity contribution >= 4 is 11.9 Å². The molecule has 0 fully saturated rings. The SMILES string of the molecule is CC(C)(C)c1ccnc(NCc2ccc(C(=O)O)cc2)n1. The summed E-state index contributed by atoms with van der Waals surface area (Å²) in [4.78, 5) is 19.5. The Kier molecular flexibility index (Phi) is 4.21. The molecule has 0 aliphatic carbocycles. The van der Waals surface area contributed by atoms with Gasteiger partial charge in [0.05, 0.1) is 11.3 Å². The van der Waals surface area contributed by atoms with E-state index in [2.05, 4.69) is 36.1 Å². The van der Waals surface area contributed by atoms with Crippen LogP contribution in [0.15, 0.2) is 36.5 Å². The normalized spacial score (nSPS) is 11.2. The summed E-state index contributed by atoms with van der Waals surface area (Å²) in [6, 6.07) is 8.65. The molecule has 0 unspecified atom stereocenters. The van der Waals surface area contributed by atoms with Crippen LogP contribution in [0.25, 0.3) is 0 Å². The smallest absolute Gasteiger partial charge is 0.335 e. The van der Waals surface area contributed by atoms with Crippen molar-refractivity contribution in [1.82, 2.24) is 9.97 Å². The molecule has 1 heterocycles. The maximum atomic E-state index is 10.8. The van der Waals surface area contributed by atoms with Crippen molar-refractivity contribution in [2.75, 3.05) is 5.32 Å². The summed E-state index contributed by atoms with van der Waals surface area (Å²) < 4.78 is 0. The van der Waals surface area contributed by atoms with Gasteiger partial charge in [0.1, 0.15) is 0 Å². The number of carboxylic acid groups (broad SMARTS) is 1. The Morgan fingerprint density at radius 1 is 1.19 bits per heavy atom. The molecule has 0 saturated heterocycles.